The molecule has 0 amide bonds. The van der Waals surface area contributed by atoms with E-state index in [2.05, 4.69) is 27.3 Å². The highest BCUT2D eigenvalue weighted by molar-refractivity contribution is 9.10. The fraction of sp³-hybridized carbons (Fsp3) is 0. The zero-order valence-corrected chi connectivity index (χ0v) is 12.4. The van der Waals surface area contributed by atoms with Gasteiger partial charge in [0.05, 0.1) is 27.0 Å². The van der Waals surface area contributed by atoms with Gasteiger partial charge in [-0.05, 0) is 40.2 Å². The van der Waals surface area contributed by atoms with E-state index in [0.29, 0.717) is 21.4 Å². The first-order valence-electron chi connectivity index (χ1n) is 5.13. The number of halogens is 4. The van der Waals surface area contributed by atoms with Gasteiger partial charge in [-0.2, -0.15) is 5.26 Å². The normalized spacial score (nSPS) is 10.1. The Morgan fingerprint density at radius 2 is 1.84 bits per heavy atom. The lowest BCUT2D eigenvalue weighted by molar-refractivity contribution is 0.628. The van der Waals surface area contributed by atoms with Gasteiger partial charge in [-0.15, -0.1) is 0 Å². The van der Waals surface area contributed by atoms with Crippen molar-refractivity contribution >= 4 is 50.5 Å². The number of hydrogen-bond donors (Lipinski definition) is 1. The maximum atomic E-state index is 13.1. The quantitative estimate of drug-likeness (QED) is 0.767. The van der Waals surface area contributed by atoms with E-state index in [4.69, 9.17) is 28.5 Å². The van der Waals surface area contributed by atoms with E-state index in [-0.39, 0.29) is 10.0 Å². The van der Waals surface area contributed by atoms with E-state index in [1.54, 1.807) is 18.2 Å². The number of anilines is 2. The van der Waals surface area contributed by atoms with E-state index in [1.165, 1.54) is 0 Å². The molecule has 19 heavy (non-hydrogen) atoms. The molecule has 0 aliphatic carbocycles. The van der Waals surface area contributed by atoms with Crippen LogP contribution in [0.5, 0.6) is 0 Å². The van der Waals surface area contributed by atoms with Gasteiger partial charge < -0.3 is 5.32 Å². The van der Waals surface area contributed by atoms with Gasteiger partial charge >= 0.3 is 0 Å². The molecule has 0 bridgehead atoms. The Hall–Kier alpha value is -1.28. The Kier molecular flexibility index (Phi) is 4.31. The molecule has 0 radical (unpaired) electrons. The molecule has 0 aromatic heterocycles. The molecule has 0 heterocycles. The Balaban J connectivity index is 2.49. The van der Waals surface area contributed by atoms with Gasteiger partial charge in [0.2, 0.25) is 0 Å². The van der Waals surface area contributed by atoms with Crippen molar-refractivity contribution < 1.29 is 4.39 Å². The summed E-state index contributed by atoms with van der Waals surface area (Å²) in [5.74, 6) is -0.518. The van der Waals surface area contributed by atoms with Crippen LogP contribution in [0, 0.1) is 17.1 Å². The number of rotatable bonds is 2. The highest BCUT2D eigenvalue weighted by Gasteiger charge is 2.12. The summed E-state index contributed by atoms with van der Waals surface area (Å²) in [6.45, 7) is 0. The van der Waals surface area contributed by atoms with Gasteiger partial charge in [0.15, 0.2) is 0 Å². The minimum absolute atomic E-state index is 0.147. The molecule has 1 N–H and O–H groups in total. The Morgan fingerprint density at radius 1 is 1.21 bits per heavy atom. The predicted molar refractivity (Wildman–Crippen MR) is 78.6 cm³/mol. The second-order valence-corrected chi connectivity index (χ2v) is 5.31. The zero-order valence-electron chi connectivity index (χ0n) is 9.35. The number of nitriles is 1. The van der Waals surface area contributed by atoms with E-state index in [0.717, 1.165) is 12.1 Å². The van der Waals surface area contributed by atoms with Crippen molar-refractivity contribution in [1.29, 1.82) is 5.26 Å². The third-order valence-corrected chi connectivity index (χ3v) is 3.65. The summed E-state index contributed by atoms with van der Waals surface area (Å²) in [6, 6.07) is 9.59. The Bertz CT molecular complexity index is 660. The predicted octanol–water partition coefficient (Wildman–Crippen LogP) is 5.51. The average molecular weight is 360 g/mol. The monoisotopic (exact) mass is 358 g/mol. The molecule has 2 rings (SSSR count). The third kappa shape index (κ3) is 3.01. The van der Waals surface area contributed by atoms with E-state index in [1.807, 2.05) is 0 Å². The number of nitrogens with one attached hydrogen (secondary N) is 1. The van der Waals surface area contributed by atoms with Gasteiger partial charge in [0.1, 0.15) is 11.9 Å². The largest absolute Gasteiger partial charge is 0.352 e. The summed E-state index contributed by atoms with van der Waals surface area (Å²) in [6.07, 6.45) is 0. The van der Waals surface area contributed by atoms with Crippen LogP contribution in [0.1, 0.15) is 5.56 Å². The number of hydrogen-bond acceptors (Lipinski definition) is 2. The maximum Gasteiger partial charge on any atom is 0.126 e. The van der Waals surface area contributed by atoms with Crippen molar-refractivity contribution in [3.05, 3.63) is 56.2 Å². The van der Waals surface area contributed by atoms with Crippen LogP contribution in [0.25, 0.3) is 0 Å². The third-order valence-electron chi connectivity index (χ3n) is 2.39. The number of nitrogens with zero attached hydrogens (tertiary/aromatic N) is 1. The summed E-state index contributed by atoms with van der Waals surface area (Å²) in [7, 11) is 0. The molecular formula is C13H6BrCl2FN2. The molecular weight excluding hydrogens is 354 g/mol. The summed E-state index contributed by atoms with van der Waals surface area (Å²) in [5, 5.41) is 12.4. The molecule has 0 atom stereocenters. The van der Waals surface area contributed by atoms with Crippen molar-refractivity contribution in [1.82, 2.24) is 0 Å². The van der Waals surface area contributed by atoms with Gasteiger partial charge in [0.25, 0.3) is 0 Å². The van der Waals surface area contributed by atoms with Crippen molar-refractivity contribution in [3.63, 3.8) is 0 Å². The maximum absolute atomic E-state index is 13.1. The van der Waals surface area contributed by atoms with Crippen molar-refractivity contribution in [3.8, 4) is 6.07 Å². The summed E-state index contributed by atoms with van der Waals surface area (Å²) in [5.41, 5.74) is 1.31. The van der Waals surface area contributed by atoms with Crippen LogP contribution in [0.4, 0.5) is 15.8 Å². The van der Waals surface area contributed by atoms with E-state index < -0.39 is 5.82 Å². The Labute approximate surface area is 127 Å². The first-order valence-corrected chi connectivity index (χ1v) is 6.68. The molecule has 0 saturated heterocycles. The average Bonchev–Trinajstić information content (AvgIpc) is 2.34. The van der Waals surface area contributed by atoms with Crippen molar-refractivity contribution in [2.75, 3.05) is 5.32 Å². The van der Waals surface area contributed by atoms with Gasteiger partial charge in [-0.25, -0.2) is 4.39 Å². The fourth-order valence-corrected chi connectivity index (χ4v) is 2.55. The van der Waals surface area contributed by atoms with E-state index >= 15 is 0 Å². The molecule has 0 fully saturated rings. The summed E-state index contributed by atoms with van der Waals surface area (Å²) >= 11 is 15.2. The minimum Gasteiger partial charge on any atom is -0.352 e. The van der Waals surface area contributed by atoms with Crippen LogP contribution >= 0.6 is 39.1 Å². The van der Waals surface area contributed by atoms with E-state index in [9.17, 15) is 4.39 Å². The van der Waals surface area contributed by atoms with Crippen LogP contribution in [-0.2, 0) is 0 Å². The van der Waals surface area contributed by atoms with Gasteiger partial charge in [-0.1, -0.05) is 29.3 Å². The molecule has 6 heteroatoms. The van der Waals surface area contributed by atoms with Crippen molar-refractivity contribution in [2.45, 2.75) is 0 Å². The first-order chi connectivity index (χ1) is 9.02. The van der Waals surface area contributed by atoms with Crippen LogP contribution in [0.2, 0.25) is 10.0 Å². The number of benzene rings is 2. The Morgan fingerprint density at radius 3 is 2.42 bits per heavy atom. The van der Waals surface area contributed by atoms with Crippen LogP contribution < -0.4 is 5.32 Å². The van der Waals surface area contributed by atoms with Crippen molar-refractivity contribution in [2.24, 2.45) is 0 Å². The van der Waals surface area contributed by atoms with Gasteiger partial charge in [0, 0.05) is 4.47 Å². The molecule has 0 aliphatic rings. The highest BCUT2D eigenvalue weighted by atomic mass is 79.9. The lowest BCUT2D eigenvalue weighted by Gasteiger charge is -2.12. The van der Waals surface area contributed by atoms with Gasteiger partial charge in [-0.3, -0.25) is 0 Å². The minimum atomic E-state index is -0.518. The van der Waals surface area contributed by atoms with Crippen LogP contribution in [0.3, 0.4) is 0 Å². The SMILES string of the molecule is N#Cc1c(Br)cccc1Nc1c(Cl)cc(F)cc1Cl. The smallest absolute Gasteiger partial charge is 0.126 e. The van der Waals surface area contributed by atoms with Crippen LogP contribution in [0.15, 0.2) is 34.8 Å². The zero-order chi connectivity index (χ0) is 14.0. The fourth-order valence-electron chi connectivity index (χ4n) is 1.54. The molecule has 96 valence electrons. The molecule has 2 nitrogen and oxygen atoms in total. The summed E-state index contributed by atoms with van der Waals surface area (Å²) < 4.78 is 13.7. The standard InChI is InChI=1S/C13H6BrCl2FN2/c14-9-2-1-3-12(8(9)6-18)19-13-10(15)4-7(17)5-11(13)16/h1-5,19H. The lowest BCUT2D eigenvalue weighted by atomic mass is 10.2. The lowest BCUT2D eigenvalue weighted by Crippen LogP contribution is -1.96. The second-order valence-electron chi connectivity index (χ2n) is 3.64. The molecule has 0 unspecified atom stereocenters. The molecule has 2 aromatic carbocycles. The molecule has 2 aromatic rings. The second kappa shape index (κ2) is 5.79. The highest BCUT2D eigenvalue weighted by Crippen LogP contribution is 2.35. The topological polar surface area (TPSA) is 35.8 Å². The van der Waals surface area contributed by atoms with Crippen LogP contribution in [-0.4, -0.2) is 0 Å². The molecule has 0 aliphatic heterocycles. The molecule has 0 saturated carbocycles. The first kappa shape index (κ1) is 14.1. The molecule has 0 spiro atoms. The summed E-state index contributed by atoms with van der Waals surface area (Å²) in [4.78, 5) is 0.